The lowest BCUT2D eigenvalue weighted by molar-refractivity contribution is -0.136. The number of carbonyl (C=O) groups excluding carboxylic acids is 1. The van der Waals surface area contributed by atoms with E-state index in [2.05, 4.69) is 18.8 Å². The second-order valence-corrected chi connectivity index (χ2v) is 8.23. The van der Waals surface area contributed by atoms with Crippen molar-refractivity contribution in [3.05, 3.63) is 64.8 Å². The van der Waals surface area contributed by atoms with E-state index in [-0.39, 0.29) is 18.6 Å². The zero-order chi connectivity index (χ0) is 19.7. The molecule has 2 aromatic carbocycles. The van der Waals surface area contributed by atoms with Gasteiger partial charge in [0.25, 0.3) is 5.91 Å². The predicted molar refractivity (Wildman–Crippen MR) is 113 cm³/mol. The van der Waals surface area contributed by atoms with E-state index in [0.717, 1.165) is 29.1 Å². The molecule has 0 aliphatic carbocycles. The Morgan fingerprint density at radius 3 is 2.79 bits per heavy atom. The monoisotopic (exact) mass is 396 g/mol. The Balaban J connectivity index is 1.61. The summed E-state index contributed by atoms with van der Waals surface area (Å²) >= 11 is 6.22. The third kappa shape index (κ3) is 3.74. The molecule has 1 aliphatic heterocycles. The highest BCUT2D eigenvalue weighted by molar-refractivity contribution is 6.31. The summed E-state index contributed by atoms with van der Waals surface area (Å²) < 4.78 is 5.72. The van der Waals surface area contributed by atoms with Crippen LogP contribution in [-0.2, 0) is 11.2 Å². The number of hydrogen-bond acceptors (Lipinski definition) is 2. The molecule has 28 heavy (non-hydrogen) atoms. The maximum Gasteiger partial charge on any atom is 0.261 e. The fourth-order valence-corrected chi connectivity index (χ4v) is 4.25. The lowest BCUT2D eigenvalue weighted by Gasteiger charge is -2.36. The number of amides is 1. The largest absolute Gasteiger partial charge is 0.484 e. The average molecular weight is 397 g/mol. The van der Waals surface area contributed by atoms with Gasteiger partial charge in [-0.15, -0.1) is 0 Å². The Morgan fingerprint density at radius 2 is 2.04 bits per heavy atom. The van der Waals surface area contributed by atoms with Crippen molar-refractivity contribution in [2.75, 3.05) is 13.2 Å². The zero-order valence-electron chi connectivity index (χ0n) is 16.2. The summed E-state index contributed by atoms with van der Waals surface area (Å²) in [4.78, 5) is 18.5. The number of aromatic amines is 1. The van der Waals surface area contributed by atoms with Crippen molar-refractivity contribution >= 4 is 28.4 Å². The van der Waals surface area contributed by atoms with Crippen LogP contribution < -0.4 is 4.74 Å². The van der Waals surface area contributed by atoms with Crippen LogP contribution in [0.1, 0.15) is 37.6 Å². The fraction of sp³-hybridized carbons (Fsp3) is 0.348. The SMILES string of the molecule is CC(C)CC1c2[nH]c3ccc(Cl)cc3c2CCN1C(=O)COc1ccccc1. The highest BCUT2D eigenvalue weighted by Gasteiger charge is 2.33. The molecule has 0 bridgehead atoms. The number of rotatable bonds is 5. The number of halogens is 1. The van der Waals surface area contributed by atoms with Gasteiger partial charge in [0, 0.05) is 28.2 Å². The van der Waals surface area contributed by atoms with E-state index in [1.165, 1.54) is 10.9 Å². The summed E-state index contributed by atoms with van der Waals surface area (Å²) in [6, 6.07) is 15.5. The number of nitrogens with one attached hydrogen (secondary N) is 1. The van der Waals surface area contributed by atoms with Crippen molar-refractivity contribution in [3.8, 4) is 5.75 Å². The van der Waals surface area contributed by atoms with Gasteiger partial charge in [-0.25, -0.2) is 0 Å². The second-order valence-electron chi connectivity index (χ2n) is 7.79. The van der Waals surface area contributed by atoms with Gasteiger partial charge in [0.15, 0.2) is 6.61 Å². The third-order valence-electron chi connectivity index (χ3n) is 5.33. The number of benzene rings is 2. The molecule has 1 unspecified atom stereocenters. The van der Waals surface area contributed by atoms with Gasteiger partial charge in [-0.3, -0.25) is 4.79 Å². The Kier molecular flexibility index (Phi) is 5.31. The third-order valence-corrected chi connectivity index (χ3v) is 5.57. The Bertz CT molecular complexity index is 981. The van der Waals surface area contributed by atoms with E-state index in [1.807, 2.05) is 53.4 Å². The maximum absolute atomic E-state index is 13.0. The summed E-state index contributed by atoms with van der Waals surface area (Å²) in [6.07, 6.45) is 1.73. The number of H-pyrrole nitrogens is 1. The van der Waals surface area contributed by atoms with Crippen molar-refractivity contribution in [1.82, 2.24) is 9.88 Å². The lowest BCUT2D eigenvalue weighted by atomic mass is 9.91. The minimum Gasteiger partial charge on any atom is -0.484 e. The molecule has 2 heterocycles. The van der Waals surface area contributed by atoms with Crippen LogP contribution in [0.3, 0.4) is 0 Å². The second kappa shape index (κ2) is 7.88. The first-order valence-corrected chi connectivity index (χ1v) is 10.2. The number of hydrogen-bond donors (Lipinski definition) is 1. The minimum absolute atomic E-state index is 0.0249. The number of aromatic nitrogens is 1. The summed E-state index contributed by atoms with van der Waals surface area (Å²) in [5.74, 6) is 1.21. The molecule has 0 radical (unpaired) electrons. The molecule has 1 N–H and O–H groups in total. The minimum atomic E-state index is 0.0249. The first kappa shape index (κ1) is 18.9. The van der Waals surface area contributed by atoms with Crippen molar-refractivity contribution in [3.63, 3.8) is 0 Å². The van der Waals surface area contributed by atoms with E-state index in [0.29, 0.717) is 18.2 Å². The van der Waals surface area contributed by atoms with Crippen LogP contribution in [0.4, 0.5) is 0 Å². The van der Waals surface area contributed by atoms with Gasteiger partial charge in [-0.2, -0.15) is 0 Å². The van der Waals surface area contributed by atoms with E-state index < -0.39 is 0 Å². The van der Waals surface area contributed by atoms with Crippen LogP contribution in [0, 0.1) is 5.92 Å². The number of carbonyl (C=O) groups is 1. The van der Waals surface area contributed by atoms with Crippen LogP contribution >= 0.6 is 11.6 Å². The van der Waals surface area contributed by atoms with Gasteiger partial charge < -0.3 is 14.6 Å². The highest BCUT2D eigenvalue weighted by Crippen LogP contribution is 2.38. The van der Waals surface area contributed by atoms with Crippen LogP contribution in [0.5, 0.6) is 5.75 Å². The van der Waals surface area contributed by atoms with Crippen LogP contribution in [0.15, 0.2) is 48.5 Å². The van der Waals surface area contributed by atoms with Crippen LogP contribution in [0.2, 0.25) is 5.02 Å². The van der Waals surface area contributed by atoms with Crippen molar-refractivity contribution in [1.29, 1.82) is 0 Å². The molecule has 1 amide bonds. The molecule has 5 heteroatoms. The van der Waals surface area contributed by atoms with Crippen molar-refractivity contribution < 1.29 is 9.53 Å². The van der Waals surface area contributed by atoms with Crippen LogP contribution in [-0.4, -0.2) is 28.9 Å². The van der Waals surface area contributed by atoms with Gasteiger partial charge in [0.1, 0.15) is 5.75 Å². The van der Waals surface area contributed by atoms with E-state index in [4.69, 9.17) is 16.3 Å². The number of nitrogens with zero attached hydrogens (tertiary/aromatic N) is 1. The van der Waals surface area contributed by atoms with E-state index in [1.54, 1.807) is 0 Å². The molecule has 4 nitrogen and oxygen atoms in total. The Hall–Kier alpha value is -2.46. The maximum atomic E-state index is 13.0. The van der Waals surface area contributed by atoms with E-state index >= 15 is 0 Å². The molecule has 1 aliphatic rings. The molecule has 0 spiro atoms. The van der Waals surface area contributed by atoms with Gasteiger partial charge in [0.05, 0.1) is 6.04 Å². The number of fused-ring (bicyclic) bond motifs is 3. The van der Waals surface area contributed by atoms with Gasteiger partial charge in [0.2, 0.25) is 0 Å². The molecule has 1 aromatic heterocycles. The molecular formula is C23H25ClN2O2. The summed E-state index contributed by atoms with van der Waals surface area (Å²) in [6.45, 7) is 5.13. The molecule has 0 saturated carbocycles. The van der Waals surface area contributed by atoms with Crippen molar-refractivity contribution in [2.24, 2.45) is 5.92 Å². The molecule has 0 saturated heterocycles. The highest BCUT2D eigenvalue weighted by atomic mass is 35.5. The van der Waals surface area contributed by atoms with Gasteiger partial charge >= 0.3 is 0 Å². The molecule has 4 rings (SSSR count). The predicted octanol–water partition coefficient (Wildman–Crippen LogP) is 5.37. The molecule has 1 atom stereocenters. The average Bonchev–Trinajstić information content (AvgIpc) is 3.05. The molecular weight excluding hydrogens is 372 g/mol. The summed E-state index contributed by atoms with van der Waals surface area (Å²) in [5.41, 5.74) is 3.51. The fourth-order valence-electron chi connectivity index (χ4n) is 4.07. The zero-order valence-corrected chi connectivity index (χ0v) is 17.0. The first-order valence-electron chi connectivity index (χ1n) is 9.80. The van der Waals surface area contributed by atoms with E-state index in [9.17, 15) is 4.79 Å². The number of ether oxygens (including phenoxy) is 1. The molecule has 146 valence electrons. The first-order chi connectivity index (χ1) is 13.5. The van der Waals surface area contributed by atoms with Crippen molar-refractivity contribution in [2.45, 2.75) is 32.7 Å². The summed E-state index contributed by atoms with van der Waals surface area (Å²) in [7, 11) is 0. The summed E-state index contributed by atoms with van der Waals surface area (Å²) in [5, 5.41) is 1.91. The normalized spacial score (nSPS) is 16.4. The Labute approximate surface area is 170 Å². The molecule has 0 fully saturated rings. The van der Waals surface area contributed by atoms with Gasteiger partial charge in [-0.05, 0) is 54.7 Å². The number of para-hydroxylation sites is 1. The Morgan fingerprint density at radius 1 is 1.25 bits per heavy atom. The standard InChI is InChI=1S/C23H25ClN2O2/c1-15(2)12-21-23-18(19-13-16(24)8-9-20(19)25-23)10-11-26(21)22(27)14-28-17-6-4-3-5-7-17/h3-9,13,15,21,25H,10-12,14H2,1-2H3. The smallest absolute Gasteiger partial charge is 0.261 e. The lowest BCUT2D eigenvalue weighted by Crippen LogP contribution is -2.43. The molecule has 3 aromatic rings. The van der Waals surface area contributed by atoms with Gasteiger partial charge in [-0.1, -0.05) is 43.6 Å². The topological polar surface area (TPSA) is 45.3 Å². The van der Waals surface area contributed by atoms with Crippen LogP contribution in [0.25, 0.3) is 10.9 Å². The quantitative estimate of drug-likeness (QED) is 0.629.